The molecule has 0 spiro atoms. The van der Waals surface area contributed by atoms with Crippen LogP contribution in [0.2, 0.25) is 0 Å². The predicted octanol–water partition coefficient (Wildman–Crippen LogP) is 3.80. The molecular formula is C13H16BrFN2O4. The van der Waals surface area contributed by atoms with Crippen LogP contribution in [0.15, 0.2) is 16.6 Å². The van der Waals surface area contributed by atoms with Gasteiger partial charge in [0.2, 0.25) is 0 Å². The Hall–Kier alpha value is -1.70. The molecule has 0 aliphatic heterocycles. The van der Waals surface area contributed by atoms with Gasteiger partial charge in [0.1, 0.15) is 11.5 Å². The second-order valence-corrected chi connectivity index (χ2v) is 6.58. The Balaban J connectivity index is 3.33. The Kier molecular flexibility index (Phi) is 4.62. The highest BCUT2D eigenvalue weighted by atomic mass is 79.9. The average Bonchev–Trinajstić information content (AvgIpc) is 2.32. The van der Waals surface area contributed by atoms with Gasteiger partial charge in [-0.05, 0) is 49.7 Å². The van der Waals surface area contributed by atoms with E-state index in [1.165, 1.54) is 19.9 Å². The number of benzene rings is 1. The zero-order valence-electron chi connectivity index (χ0n) is 12.0. The van der Waals surface area contributed by atoms with Crippen LogP contribution in [0.5, 0.6) is 0 Å². The van der Waals surface area contributed by atoms with Crippen molar-refractivity contribution in [1.29, 1.82) is 0 Å². The molecule has 0 atom stereocenters. The lowest BCUT2D eigenvalue weighted by molar-refractivity contribution is -0.384. The van der Waals surface area contributed by atoms with Gasteiger partial charge in [0.05, 0.1) is 20.9 Å². The summed E-state index contributed by atoms with van der Waals surface area (Å²) in [7, 11) is 0. The first-order chi connectivity index (χ1) is 9.40. The summed E-state index contributed by atoms with van der Waals surface area (Å²) >= 11 is 2.96. The van der Waals surface area contributed by atoms with Gasteiger partial charge in [-0.2, -0.15) is 0 Å². The maximum atomic E-state index is 13.4. The number of carbonyl (C=O) groups is 1. The third-order valence-corrected chi connectivity index (χ3v) is 4.39. The minimum Gasteiger partial charge on any atom is -0.481 e. The molecule has 0 unspecified atom stereocenters. The van der Waals surface area contributed by atoms with Crippen LogP contribution < -0.4 is 5.32 Å². The zero-order chi connectivity index (χ0) is 16.6. The molecule has 1 rings (SSSR count). The van der Waals surface area contributed by atoms with Gasteiger partial charge in [0.25, 0.3) is 5.69 Å². The first kappa shape index (κ1) is 17.4. The average molecular weight is 363 g/mol. The largest absolute Gasteiger partial charge is 0.481 e. The van der Waals surface area contributed by atoms with Gasteiger partial charge < -0.3 is 10.4 Å². The summed E-state index contributed by atoms with van der Waals surface area (Å²) in [5, 5.41) is 23.1. The number of aliphatic carboxylic acids is 1. The number of nitrogens with zero attached hydrogens (tertiary/aromatic N) is 1. The Morgan fingerprint density at radius 1 is 1.38 bits per heavy atom. The van der Waals surface area contributed by atoms with E-state index < -0.39 is 33.4 Å². The van der Waals surface area contributed by atoms with E-state index in [1.807, 2.05) is 0 Å². The molecule has 0 fully saturated rings. The molecule has 1 aromatic rings. The van der Waals surface area contributed by atoms with Crippen LogP contribution in [0.25, 0.3) is 0 Å². The van der Waals surface area contributed by atoms with Gasteiger partial charge in [-0.3, -0.25) is 14.9 Å². The quantitative estimate of drug-likeness (QED) is 0.613. The minimum absolute atomic E-state index is 0.0487. The maximum Gasteiger partial charge on any atom is 0.311 e. The zero-order valence-corrected chi connectivity index (χ0v) is 13.6. The van der Waals surface area contributed by atoms with Gasteiger partial charge in [-0.1, -0.05) is 0 Å². The van der Waals surface area contributed by atoms with Crippen LogP contribution in [0.4, 0.5) is 15.8 Å². The number of nitro benzene ring substituents is 1. The van der Waals surface area contributed by atoms with E-state index >= 15 is 0 Å². The topological polar surface area (TPSA) is 92.5 Å². The van der Waals surface area contributed by atoms with Gasteiger partial charge in [-0.25, -0.2) is 4.39 Å². The molecule has 0 radical (unpaired) electrons. The summed E-state index contributed by atoms with van der Waals surface area (Å²) in [4.78, 5) is 21.7. The Labute approximate surface area is 129 Å². The van der Waals surface area contributed by atoms with E-state index in [-0.39, 0.29) is 10.2 Å². The first-order valence-corrected chi connectivity index (χ1v) is 6.84. The van der Waals surface area contributed by atoms with Crippen molar-refractivity contribution in [3.63, 3.8) is 0 Å². The molecule has 2 N–H and O–H groups in total. The summed E-state index contributed by atoms with van der Waals surface area (Å²) in [5.41, 5.74) is -2.62. The Bertz CT molecular complexity index is 602. The molecule has 0 bridgehead atoms. The second kappa shape index (κ2) is 5.59. The van der Waals surface area contributed by atoms with Crippen LogP contribution in [0, 0.1) is 21.3 Å². The lowest BCUT2D eigenvalue weighted by Crippen LogP contribution is -2.50. The third kappa shape index (κ3) is 3.31. The van der Waals surface area contributed by atoms with Crippen molar-refractivity contribution in [1.82, 2.24) is 0 Å². The summed E-state index contributed by atoms with van der Waals surface area (Å²) in [6, 6.07) is 2.02. The van der Waals surface area contributed by atoms with Crippen molar-refractivity contribution in [2.24, 2.45) is 5.41 Å². The van der Waals surface area contributed by atoms with Crippen molar-refractivity contribution < 1.29 is 19.2 Å². The number of nitrogens with one attached hydrogen (secondary N) is 1. The van der Waals surface area contributed by atoms with E-state index in [0.29, 0.717) is 0 Å². The lowest BCUT2D eigenvalue weighted by Gasteiger charge is -2.39. The van der Waals surface area contributed by atoms with E-state index in [0.717, 1.165) is 6.07 Å². The molecule has 0 aliphatic carbocycles. The van der Waals surface area contributed by atoms with Crippen molar-refractivity contribution >= 4 is 33.3 Å². The summed E-state index contributed by atoms with van der Waals surface area (Å²) in [5.74, 6) is -1.81. The van der Waals surface area contributed by atoms with Crippen LogP contribution in [0.3, 0.4) is 0 Å². The van der Waals surface area contributed by atoms with E-state index in [2.05, 4.69) is 21.2 Å². The molecule has 0 aromatic heterocycles. The molecule has 116 valence electrons. The highest BCUT2D eigenvalue weighted by Crippen LogP contribution is 2.38. The molecule has 0 saturated heterocycles. The Morgan fingerprint density at radius 3 is 2.33 bits per heavy atom. The molecule has 21 heavy (non-hydrogen) atoms. The number of halogens is 2. The fourth-order valence-electron chi connectivity index (χ4n) is 1.55. The van der Waals surface area contributed by atoms with Crippen molar-refractivity contribution in [3.8, 4) is 0 Å². The molecule has 8 heteroatoms. The first-order valence-electron chi connectivity index (χ1n) is 6.05. The number of anilines is 1. The molecule has 0 heterocycles. The number of hydrogen-bond donors (Lipinski definition) is 2. The molecular weight excluding hydrogens is 347 g/mol. The fourth-order valence-corrected chi connectivity index (χ4v) is 1.89. The number of carboxylic acid groups (broad SMARTS) is 1. The fraction of sp³-hybridized carbons (Fsp3) is 0.462. The summed E-state index contributed by atoms with van der Waals surface area (Å²) in [6.45, 7) is 6.24. The van der Waals surface area contributed by atoms with Gasteiger partial charge >= 0.3 is 5.97 Å². The molecule has 0 saturated carbocycles. The smallest absolute Gasteiger partial charge is 0.311 e. The minimum atomic E-state index is -1.21. The monoisotopic (exact) mass is 362 g/mol. The molecule has 6 nitrogen and oxygen atoms in total. The van der Waals surface area contributed by atoms with Crippen LogP contribution in [-0.4, -0.2) is 21.5 Å². The van der Waals surface area contributed by atoms with Gasteiger partial charge in [0.15, 0.2) is 0 Å². The van der Waals surface area contributed by atoms with Crippen LogP contribution in [0.1, 0.15) is 27.7 Å². The maximum absolute atomic E-state index is 13.4. The van der Waals surface area contributed by atoms with E-state index in [9.17, 15) is 24.4 Å². The molecule has 0 aliphatic rings. The Morgan fingerprint density at radius 2 is 1.90 bits per heavy atom. The lowest BCUT2D eigenvalue weighted by atomic mass is 9.74. The highest BCUT2D eigenvalue weighted by Gasteiger charge is 2.44. The van der Waals surface area contributed by atoms with Gasteiger partial charge in [0, 0.05) is 5.54 Å². The van der Waals surface area contributed by atoms with Gasteiger partial charge in [-0.15, -0.1) is 0 Å². The standard InChI is InChI=1S/C13H16BrFN2O4/c1-12(2,11(18)19)13(3,4)16-9-5-7(14)8(15)6-10(9)17(20)21/h5-6,16H,1-4H3,(H,18,19). The van der Waals surface area contributed by atoms with Crippen LogP contribution >= 0.6 is 15.9 Å². The van der Waals surface area contributed by atoms with Crippen molar-refractivity contribution in [3.05, 3.63) is 32.5 Å². The predicted molar refractivity (Wildman–Crippen MR) is 79.9 cm³/mol. The summed E-state index contributed by atoms with van der Waals surface area (Å²) < 4.78 is 13.5. The van der Waals surface area contributed by atoms with Crippen molar-refractivity contribution in [2.45, 2.75) is 33.2 Å². The number of carboxylic acids is 1. The molecule has 0 amide bonds. The molecule has 1 aromatic carbocycles. The number of hydrogen-bond acceptors (Lipinski definition) is 4. The van der Waals surface area contributed by atoms with E-state index in [4.69, 9.17) is 0 Å². The normalized spacial score (nSPS) is 12.1. The number of nitro groups is 1. The van der Waals surface area contributed by atoms with Crippen LogP contribution in [-0.2, 0) is 4.79 Å². The third-order valence-electron chi connectivity index (χ3n) is 3.78. The SMILES string of the molecule is CC(C)(Nc1cc(Br)c(F)cc1[N+](=O)[O-])C(C)(C)C(=O)O. The second-order valence-electron chi connectivity index (χ2n) is 5.72. The highest BCUT2D eigenvalue weighted by molar-refractivity contribution is 9.10. The van der Waals surface area contributed by atoms with Crippen molar-refractivity contribution in [2.75, 3.05) is 5.32 Å². The summed E-state index contributed by atoms with van der Waals surface area (Å²) in [6.07, 6.45) is 0. The van der Waals surface area contributed by atoms with E-state index in [1.54, 1.807) is 13.8 Å². The number of rotatable bonds is 5.